The summed E-state index contributed by atoms with van der Waals surface area (Å²) in [6, 6.07) is 2.97. The summed E-state index contributed by atoms with van der Waals surface area (Å²) in [7, 11) is 1.43. The van der Waals surface area contributed by atoms with Crippen LogP contribution >= 0.6 is 0 Å². The first-order valence-electron chi connectivity index (χ1n) is 8.45. The van der Waals surface area contributed by atoms with E-state index in [-0.39, 0.29) is 23.6 Å². The predicted octanol–water partition coefficient (Wildman–Crippen LogP) is 3.86. The van der Waals surface area contributed by atoms with Gasteiger partial charge in [-0.05, 0) is 30.6 Å². The van der Waals surface area contributed by atoms with Crippen LogP contribution in [-0.2, 0) is 11.2 Å². The number of benzene rings is 1. The van der Waals surface area contributed by atoms with Crippen molar-refractivity contribution in [3.63, 3.8) is 0 Å². The molecule has 0 aliphatic heterocycles. The SMILES string of the molecule is COc1cc(N[C@@H]2C[C@H](C)CC(C)(C)C2)c([N+](=O)[O-])cc1CC(=O)O. The molecule has 1 fully saturated rings. The summed E-state index contributed by atoms with van der Waals surface area (Å²) in [6.07, 6.45) is 2.68. The highest BCUT2D eigenvalue weighted by molar-refractivity contribution is 5.75. The van der Waals surface area contributed by atoms with Crippen molar-refractivity contribution in [2.45, 2.75) is 52.5 Å². The maximum Gasteiger partial charge on any atom is 0.307 e. The number of carboxylic acid groups (broad SMARTS) is 1. The molecule has 0 heterocycles. The molecule has 0 amide bonds. The van der Waals surface area contributed by atoms with E-state index in [0.29, 0.717) is 22.9 Å². The van der Waals surface area contributed by atoms with Crippen LogP contribution in [0.3, 0.4) is 0 Å². The normalized spacial score (nSPS) is 22.2. The van der Waals surface area contributed by atoms with Crippen LogP contribution in [0.5, 0.6) is 5.75 Å². The Hall–Kier alpha value is -2.31. The van der Waals surface area contributed by atoms with Gasteiger partial charge in [-0.1, -0.05) is 20.8 Å². The molecule has 1 aliphatic rings. The second-order valence-corrected chi connectivity index (χ2v) is 7.76. The molecule has 0 radical (unpaired) electrons. The molecular weight excluding hydrogens is 324 g/mol. The fourth-order valence-electron chi connectivity index (χ4n) is 4.05. The number of anilines is 1. The van der Waals surface area contributed by atoms with Crippen molar-refractivity contribution < 1.29 is 19.6 Å². The van der Waals surface area contributed by atoms with E-state index in [0.717, 1.165) is 19.3 Å². The number of ether oxygens (including phenoxy) is 1. The summed E-state index contributed by atoms with van der Waals surface area (Å²) in [4.78, 5) is 22.0. The molecule has 1 aliphatic carbocycles. The highest BCUT2D eigenvalue weighted by Crippen LogP contribution is 2.41. The van der Waals surface area contributed by atoms with Crippen LogP contribution in [0.15, 0.2) is 12.1 Å². The smallest absolute Gasteiger partial charge is 0.307 e. The maximum atomic E-state index is 11.5. The van der Waals surface area contributed by atoms with Gasteiger partial charge in [-0.2, -0.15) is 0 Å². The van der Waals surface area contributed by atoms with Gasteiger partial charge in [0, 0.05) is 23.7 Å². The zero-order chi connectivity index (χ0) is 18.8. The summed E-state index contributed by atoms with van der Waals surface area (Å²) in [6.45, 7) is 6.62. The van der Waals surface area contributed by atoms with Crippen molar-refractivity contribution in [1.29, 1.82) is 0 Å². The van der Waals surface area contributed by atoms with Gasteiger partial charge in [0.15, 0.2) is 0 Å². The molecule has 1 aromatic rings. The number of hydrogen-bond acceptors (Lipinski definition) is 5. The van der Waals surface area contributed by atoms with Crippen molar-refractivity contribution in [3.8, 4) is 5.75 Å². The Morgan fingerprint density at radius 3 is 2.64 bits per heavy atom. The Balaban J connectivity index is 2.35. The molecule has 2 rings (SSSR count). The highest BCUT2D eigenvalue weighted by Gasteiger charge is 2.33. The molecule has 0 unspecified atom stereocenters. The number of nitro benzene ring substituents is 1. The Labute approximate surface area is 147 Å². The zero-order valence-corrected chi connectivity index (χ0v) is 15.2. The highest BCUT2D eigenvalue weighted by atomic mass is 16.6. The van der Waals surface area contributed by atoms with E-state index in [1.165, 1.54) is 13.2 Å². The zero-order valence-electron chi connectivity index (χ0n) is 15.2. The van der Waals surface area contributed by atoms with Gasteiger partial charge < -0.3 is 15.2 Å². The number of carbonyl (C=O) groups is 1. The Kier molecular flexibility index (Phi) is 5.55. The van der Waals surface area contributed by atoms with Crippen molar-refractivity contribution >= 4 is 17.3 Å². The minimum atomic E-state index is -1.06. The van der Waals surface area contributed by atoms with E-state index < -0.39 is 10.9 Å². The molecule has 0 bridgehead atoms. The summed E-state index contributed by atoms with van der Waals surface area (Å²) in [5, 5.41) is 23.8. The maximum absolute atomic E-state index is 11.5. The number of methoxy groups -OCH3 is 1. The second-order valence-electron chi connectivity index (χ2n) is 7.76. The molecule has 7 heteroatoms. The lowest BCUT2D eigenvalue weighted by atomic mass is 9.70. The van der Waals surface area contributed by atoms with E-state index in [9.17, 15) is 14.9 Å². The lowest BCUT2D eigenvalue weighted by Gasteiger charge is -2.39. The standard InChI is InChI=1S/C18H26N2O5/c1-11-5-13(10-18(2,3)9-11)19-14-8-16(25-4)12(7-17(21)22)6-15(14)20(23)24/h6,8,11,13,19H,5,7,9-10H2,1-4H3,(H,21,22)/t11-,13+/m0/s1. The van der Waals surface area contributed by atoms with Gasteiger partial charge in [0.2, 0.25) is 0 Å². The summed E-state index contributed by atoms with van der Waals surface area (Å²) >= 11 is 0. The van der Waals surface area contributed by atoms with E-state index in [4.69, 9.17) is 9.84 Å². The van der Waals surface area contributed by atoms with Crippen LogP contribution in [0.2, 0.25) is 0 Å². The van der Waals surface area contributed by atoms with Crippen molar-refractivity contribution in [3.05, 3.63) is 27.8 Å². The van der Waals surface area contributed by atoms with Gasteiger partial charge >= 0.3 is 5.97 Å². The van der Waals surface area contributed by atoms with Crippen LogP contribution < -0.4 is 10.1 Å². The first-order chi connectivity index (χ1) is 11.6. The summed E-state index contributed by atoms with van der Waals surface area (Å²) < 4.78 is 5.25. The molecule has 0 saturated heterocycles. The number of aliphatic carboxylic acids is 1. The average Bonchev–Trinajstić information content (AvgIpc) is 2.45. The summed E-state index contributed by atoms with van der Waals surface area (Å²) in [5.74, 6) is -0.178. The van der Waals surface area contributed by atoms with Crippen molar-refractivity contribution in [1.82, 2.24) is 0 Å². The molecule has 25 heavy (non-hydrogen) atoms. The van der Waals surface area contributed by atoms with Gasteiger partial charge in [-0.3, -0.25) is 14.9 Å². The van der Waals surface area contributed by atoms with Crippen LogP contribution in [0, 0.1) is 21.4 Å². The quantitative estimate of drug-likeness (QED) is 0.597. The lowest BCUT2D eigenvalue weighted by molar-refractivity contribution is -0.384. The van der Waals surface area contributed by atoms with Gasteiger partial charge in [-0.15, -0.1) is 0 Å². The first-order valence-corrected chi connectivity index (χ1v) is 8.45. The van der Waals surface area contributed by atoms with Crippen LogP contribution in [-0.4, -0.2) is 29.2 Å². The summed E-state index contributed by atoms with van der Waals surface area (Å²) in [5.41, 5.74) is 0.737. The third-order valence-electron chi connectivity index (χ3n) is 4.68. The van der Waals surface area contributed by atoms with Crippen LogP contribution in [0.25, 0.3) is 0 Å². The third-order valence-corrected chi connectivity index (χ3v) is 4.68. The molecule has 0 aromatic heterocycles. The first kappa shape index (κ1) is 19.0. The number of hydrogen-bond donors (Lipinski definition) is 2. The number of nitro groups is 1. The number of carboxylic acids is 1. The fourth-order valence-corrected chi connectivity index (χ4v) is 4.05. The number of rotatable bonds is 6. The Morgan fingerprint density at radius 2 is 2.12 bits per heavy atom. The molecule has 0 spiro atoms. The minimum Gasteiger partial charge on any atom is -0.496 e. The topological polar surface area (TPSA) is 102 Å². The second kappa shape index (κ2) is 7.29. The van der Waals surface area contributed by atoms with Gasteiger partial charge in [0.25, 0.3) is 5.69 Å². The average molecular weight is 350 g/mol. The van der Waals surface area contributed by atoms with E-state index in [2.05, 4.69) is 26.1 Å². The molecule has 138 valence electrons. The van der Waals surface area contributed by atoms with E-state index >= 15 is 0 Å². The van der Waals surface area contributed by atoms with Gasteiger partial charge in [0.1, 0.15) is 11.4 Å². The monoisotopic (exact) mass is 350 g/mol. The van der Waals surface area contributed by atoms with Crippen LogP contribution in [0.1, 0.15) is 45.6 Å². The molecule has 7 nitrogen and oxygen atoms in total. The largest absolute Gasteiger partial charge is 0.496 e. The van der Waals surface area contributed by atoms with Crippen LogP contribution in [0.4, 0.5) is 11.4 Å². The van der Waals surface area contributed by atoms with Crippen molar-refractivity contribution in [2.24, 2.45) is 11.3 Å². The predicted molar refractivity (Wildman–Crippen MR) is 95.2 cm³/mol. The lowest BCUT2D eigenvalue weighted by Crippen LogP contribution is -2.35. The molecule has 2 atom stereocenters. The Bertz CT molecular complexity index is 672. The minimum absolute atomic E-state index is 0.118. The fraction of sp³-hybridized carbons (Fsp3) is 0.611. The molecule has 2 N–H and O–H groups in total. The van der Waals surface area contributed by atoms with E-state index in [1.54, 1.807) is 6.07 Å². The van der Waals surface area contributed by atoms with Gasteiger partial charge in [-0.25, -0.2) is 0 Å². The third kappa shape index (κ3) is 4.84. The number of nitrogens with zero attached hydrogens (tertiary/aromatic N) is 1. The van der Waals surface area contributed by atoms with Crippen molar-refractivity contribution in [2.75, 3.05) is 12.4 Å². The Morgan fingerprint density at radius 1 is 1.44 bits per heavy atom. The van der Waals surface area contributed by atoms with E-state index in [1.807, 2.05) is 0 Å². The molecule has 1 saturated carbocycles. The molecular formula is C18H26N2O5. The molecule has 1 aromatic carbocycles. The number of nitrogens with one attached hydrogen (secondary N) is 1. The van der Waals surface area contributed by atoms with Gasteiger partial charge in [0.05, 0.1) is 18.5 Å².